The van der Waals surface area contributed by atoms with E-state index in [0.717, 1.165) is 11.5 Å². The van der Waals surface area contributed by atoms with Crippen molar-refractivity contribution < 1.29 is 14.2 Å². The smallest absolute Gasteiger partial charge is 0.231 e. The van der Waals surface area contributed by atoms with Gasteiger partial charge in [-0.25, -0.2) is 0 Å². The van der Waals surface area contributed by atoms with Crippen LogP contribution in [-0.2, 0) is 4.74 Å². The second-order valence-electron chi connectivity index (χ2n) is 3.82. The molecule has 3 heteroatoms. The van der Waals surface area contributed by atoms with Crippen molar-refractivity contribution in [3.8, 4) is 11.5 Å². The number of rotatable bonds is 1. The molecule has 1 aromatic carbocycles. The topological polar surface area (TPSA) is 31.0 Å². The maximum Gasteiger partial charge on any atom is 0.231 e. The molecule has 0 N–H and O–H groups in total. The molecule has 3 rings (SSSR count). The van der Waals surface area contributed by atoms with Crippen LogP contribution in [0.3, 0.4) is 0 Å². The summed E-state index contributed by atoms with van der Waals surface area (Å²) in [6, 6.07) is 4.05. The first-order valence-corrected chi connectivity index (χ1v) is 4.81. The van der Waals surface area contributed by atoms with Gasteiger partial charge in [0.1, 0.15) is 6.10 Å². The van der Waals surface area contributed by atoms with Crippen LogP contribution in [0.4, 0.5) is 0 Å². The molecule has 1 saturated heterocycles. The van der Waals surface area contributed by atoms with E-state index >= 15 is 0 Å². The van der Waals surface area contributed by atoms with Gasteiger partial charge in [-0.15, -0.1) is 0 Å². The van der Waals surface area contributed by atoms with E-state index in [9.17, 15) is 0 Å². The molecular weight excluding hydrogens is 180 g/mol. The first kappa shape index (κ1) is 8.12. The van der Waals surface area contributed by atoms with E-state index in [1.807, 2.05) is 12.1 Å². The molecule has 74 valence electrons. The monoisotopic (exact) mass is 192 g/mol. The van der Waals surface area contributed by atoms with Gasteiger partial charge < -0.3 is 14.2 Å². The molecule has 0 bridgehead atoms. The molecule has 1 aromatic rings. The molecule has 0 spiro atoms. The minimum Gasteiger partial charge on any atom is -0.454 e. The molecule has 0 aromatic heterocycles. The molecule has 3 nitrogen and oxygen atoms in total. The van der Waals surface area contributed by atoms with Crippen LogP contribution >= 0.6 is 0 Å². The Kier molecular flexibility index (Phi) is 1.53. The molecule has 2 atom stereocenters. The molecule has 14 heavy (non-hydrogen) atoms. The van der Waals surface area contributed by atoms with Crippen LogP contribution in [0, 0.1) is 6.92 Å². The predicted molar refractivity (Wildman–Crippen MR) is 50.6 cm³/mol. The maximum absolute atomic E-state index is 5.45. The highest BCUT2D eigenvalue weighted by Crippen LogP contribution is 2.44. The van der Waals surface area contributed by atoms with Gasteiger partial charge in [-0.3, -0.25) is 0 Å². The van der Waals surface area contributed by atoms with E-state index in [1.54, 1.807) is 0 Å². The average molecular weight is 192 g/mol. The van der Waals surface area contributed by atoms with Crippen molar-refractivity contribution in [2.24, 2.45) is 0 Å². The summed E-state index contributed by atoms with van der Waals surface area (Å²) < 4.78 is 16.1. The van der Waals surface area contributed by atoms with Crippen LogP contribution in [0.5, 0.6) is 11.5 Å². The van der Waals surface area contributed by atoms with Gasteiger partial charge in [0.15, 0.2) is 11.5 Å². The third kappa shape index (κ3) is 1.09. The largest absolute Gasteiger partial charge is 0.454 e. The number of ether oxygens (including phenoxy) is 3. The van der Waals surface area contributed by atoms with Crippen LogP contribution in [0.1, 0.15) is 24.2 Å². The summed E-state index contributed by atoms with van der Waals surface area (Å²) >= 11 is 0. The molecule has 2 aliphatic rings. The Hall–Kier alpha value is -1.22. The SMILES string of the molecule is Cc1cc2c(cc1C1OC1C)OCO2. The normalized spacial score (nSPS) is 27.9. The molecule has 0 radical (unpaired) electrons. The molecule has 2 heterocycles. The highest BCUT2D eigenvalue weighted by molar-refractivity contribution is 5.49. The number of aryl methyl sites for hydroxylation is 1. The number of fused-ring (bicyclic) bond motifs is 1. The van der Waals surface area contributed by atoms with Crippen molar-refractivity contribution in [1.82, 2.24) is 0 Å². The van der Waals surface area contributed by atoms with E-state index in [-0.39, 0.29) is 6.10 Å². The standard InChI is InChI=1S/C11H12O3/c1-6-3-9-10(13-5-12-9)4-8(6)11-7(2)14-11/h3-4,7,11H,5H2,1-2H3. The highest BCUT2D eigenvalue weighted by Gasteiger charge is 2.37. The maximum atomic E-state index is 5.45. The van der Waals surface area contributed by atoms with E-state index in [1.165, 1.54) is 11.1 Å². The van der Waals surface area contributed by atoms with E-state index in [4.69, 9.17) is 14.2 Å². The zero-order chi connectivity index (χ0) is 9.71. The Morgan fingerprint density at radius 2 is 1.86 bits per heavy atom. The van der Waals surface area contributed by atoms with E-state index < -0.39 is 0 Å². The highest BCUT2D eigenvalue weighted by atomic mass is 16.7. The number of epoxide rings is 1. The Balaban J connectivity index is 2.04. The van der Waals surface area contributed by atoms with Gasteiger partial charge in [0, 0.05) is 0 Å². The number of hydrogen-bond acceptors (Lipinski definition) is 3. The van der Waals surface area contributed by atoms with Crippen molar-refractivity contribution in [3.63, 3.8) is 0 Å². The summed E-state index contributed by atoms with van der Waals surface area (Å²) in [4.78, 5) is 0. The third-order valence-corrected chi connectivity index (χ3v) is 2.78. The van der Waals surface area contributed by atoms with Gasteiger partial charge in [-0.2, -0.15) is 0 Å². The zero-order valence-electron chi connectivity index (χ0n) is 8.24. The third-order valence-electron chi connectivity index (χ3n) is 2.78. The van der Waals surface area contributed by atoms with Crippen LogP contribution < -0.4 is 9.47 Å². The summed E-state index contributed by atoms with van der Waals surface area (Å²) in [6.07, 6.45) is 0.596. The lowest BCUT2D eigenvalue weighted by atomic mass is 10.0. The van der Waals surface area contributed by atoms with Crippen LogP contribution in [0.15, 0.2) is 12.1 Å². The first-order valence-electron chi connectivity index (χ1n) is 4.81. The second kappa shape index (κ2) is 2.64. The number of hydrogen-bond donors (Lipinski definition) is 0. The van der Waals surface area contributed by atoms with Crippen molar-refractivity contribution in [1.29, 1.82) is 0 Å². The van der Waals surface area contributed by atoms with Gasteiger partial charge in [-0.05, 0) is 37.1 Å². The van der Waals surface area contributed by atoms with Crippen molar-refractivity contribution in [3.05, 3.63) is 23.3 Å². The fraction of sp³-hybridized carbons (Fsp3) is 0.455. The average Bonchev–Trinajstić information content (AvgIpc) is 2.71. The van der Waals surface area contributed by atoms with Crippen LogP contribution in [0.2, 0.25) is 0 Å². The van der Waals surface area contributed by atoms with Gasteiger partial charge in [0.05, 0.1) is 6.10 Å². The lowest BCUT2D eigenvalue weighted by Gasteiger charge is -2.04. The minimum atomic E-state index is 0.254. The van der Waals surface area contributed by atoms with Gasteiger partial charge in [-0.1, -0.05) is 0 Å². The molecule has 2 unspecified atom stereocenters. The van der Waals surface area contributed by atoms with Crippen LogP contribution in [0.25, 0.3) is 0 Å². The molecule has 0 amide bonds. The fourth-order valence-corrected chi connectivity index (χ4v) is 1.88. The molecule has 1 fully saturated rings. The molecular formula is C11H12O3. The summed E-state index contributed by atoms with van der Waals surface area (Å²) in [5.74, 6) is 1.69. The zero-order valence-corrected chi connectivity index (χ0v) is 8.24. The lowest BCUT2D eigenvalue weighted by Crippen LogP contribution is -1.92. The van der Waals surface area contributed by atoms with Crippen molar-refractivity contribution >= 4 is 0 Å². The van der Waals surface area contributed by atoms with Crippen molar-refractivity contribution in [2.75, 3.05) is 6.79 Å². The van der Waals surface area contributed by atoms with Crippen molar-refractivity contribution in [2.45, 2.75) is 26.1 Å². The summed E-state index contributed by atoms with van der Waals surface area (Å²) in [5, 5.41) is 0. The van der Waals surface area contributed by atoms with Gasteiger partial charge in [0.2, 0.25) is 6.79 Å². The molecule has 0 saturated carbocycles. The summed E-state index contributed by atoms with van der Waals surface area (Å²) in [5.41, 5.74) is 2.44. The van der Waals surface area contributed by atoms with Gasteiger partial charge in [0.25, 0.3) is 0 Å². The fourth-order valence-electron chi connectivity index (χ4n) is 1.88. The van der Waals surface area contributed by atoms with E-state index in [0.29, 0.717) is 12.9 Å². The van der Waals surface area contributed by atoms with E-state index in [2.05, 4.69) is 13.8 Å². The molecule has 0 aliphatic carbocycles. The number of benzene rings is 1. The quantitative estimate of drug-likeness (QED) is 0.639. The Bertz CT molecular complexity index is 386. The Morgan fingerprint density at radius 1 is 1.21 bits per heavy atom. The first-order chi connectivity index (χ1) is 6.75. The Morgan fingerprint density at radius 3 is 2.50 bits per heavy atom. The lowest BCUT2D eigenvalue weighted by molar-refractivity contribution is 0.174. The van der Waals surface area contributed by atoms with Crippen LogP contribution in [-0.4, -0.2) is 12.9 Å². The molecule has 2 aliphatic heterocycles. The van der Waals surface area contributed by atoms with Gasteiger partial charge >= 0.3 is 0 Å². The predicted octanol–water partition coefficient (Wildman–Crippen LogP) is 2.18. The summed E-state index contributed by atoms with van der Waals surface area (Å²) in [7, 11) is 0. The Labute approximate surface area is 82.6 Å². The second-order valence-corrected chi connectivity index (χ2v) is 3.82. The minimum absolute atomic E-state index is 0.254. The summed E-state index contributed by atoms with van der Waals surface area (Å²) in [6.45, 7) is 4.49.